The average Bonchev–Trinajstić information content (AvgIpc) is 2.83. The molecule has 3 rings (SSSR count). The Morgan fingerprint density at radius 2 is 1.79 bits per heavy atom. The summed E-state index contributed by atoms with van der Waals surface area (Å²) in [5.74, 6) is 0.0521. The maximum Gasteiger partial charge on any atom is 0.192 e. The highest BCUT2D eigenvalue weighted by atomic mass is 79.9. The molecule has 6 nitrogen and oxygen atoms in total. The number of aliphatic hydroxyl groups is 1. The molecule has 0 aromatic heterocycles. The highest BCUT2D eigenvalue weighted by Gasteiger charge is 2.52. The molecular formula is C31H51BrO6Si. The van der Waals surface area contributed by atoms with Crippen LogP contribution in [0, 0.1) is 0 Å². The molecule has 222 valence electrons. The number of rotatable bonds is 10. The fourth-order valence-corrected chi connectivity index (χ4v) is 7.06. The Hall–Kier alpha value is -0.613. The monoisotopic (exact) mass is 626 g/mol. The molecule has 2 aliphatic rings. The molecule has 0 unspecified atom stereocenters. The van der Waals surface area contributed by atoms with Gasteiger partial charge in [0.25, 0.3) is 0 Å². The first-order valence-corrected chi connectivity index (χ1v) is 18.2. The SMILES string of the molecule is CC1(C)O[C@](C)(C(=O)CC[C@]2(C)O[C@@H](COCc3ccccc3)C[C@@H](O[Si](C)(C)C(C)(C)C)[C@@H]2O)CC[C@H]1Br. The summed E-state index contributed by atoms with van der Waals surface area (Å²) >= 11 is 3.70. The van der Waals surface area contributed by atoms with Crippen molar-refractivity contribution in [1.29, 1.82) is 0 Å². The Morgan fingerprint density at radius 3 is 2.38 bits per heavy atom. The Balaban J connectivity index is 1.74. The Morgan fingerprint density at radius 1 is 1.15 bits per heavy atom. The van der Waals surface area contributed by atoms with Gasteiger partial charge < -0.3 is 23.7 Å². The van der Waals surface area contributed by atoms with Crippen molar-refractivity contribution in [3.63, 3.8) is 0 Å². The quantitative estimate of drug-likeness (QED) is 0.223. The van der Waals surface area contributed by atoms with Gasteiger partial charge in [-0.3, -0.25) is 4.79 Å². The predicted molar refractivity (Wildman–Crippen MR) is 162 cm³/mol. The summed E-state index contributed by atoms with van der Waals surface area (Å²) < 4.78 is 25.7. The third kappa shape index (κ3) is 8.02. The first-order valence-electron chi connectivity index (χ1n) is 14.4. The molecule has 0 saturated carbocycles. The van der Waals surface area contributed by atoms with Crippen molar-refractivity contribution in [2.45, 2.75) is 145 Å². The smallest absolute Gasteiger partial charge is 0.192 e. The number of ether oxygens (including phenoxy) is 3. The second kappa shape index (κ2) is 12.3. The topological polar surface area (TPSA) is 74.2 Å². The molecular weight excluding hydrogens is 576 g/mol. The number of hydrogen-bond acceptors (Lipinski definition) is 6. The van der Waals surface area contributed by atoms with Crippen LogP contribution in [0.1, 0.15) is 86.1 Å². The van der Waals surface area contributed by atoms with E-state index in [0.717, 1.165) is 12.0 Å². The lowest BCUT2D eigenvalue weighted by Crippen LogP contribution is -2.61. The van der Waals surface area contributed by atoms with Gasteiger partial charge in [-0.25, -0.2) is 0 Å². The number of halogens is 1. The van der Waals surface area contributed by atoms with Crippen LogP contribution >= 0.6 is 15.9 Å². The minimum absolute atomic E-state index is 0.00366. The molecule has 1 aromatic rings. The van der Waals surface area contributed by atoms with E-state index in [0.29, 0.717) is 32.5 Å². The van der Waals surface area contributed by atoms with E-state index < -0.39 is 31.2 Å². The molecule has 2 heterocycles. The van der Waals surface area contributed by atoms with Crippen molar-refractivity contribution in [2.75, 3.05) is 6.61 Å². The standard InChI is InChI=1S/C31H51BrO6Si/c1-28(2,3)39(8,9)37-24-19-23(21-35-20-22-13-11-10-12-14-22)36-31(7,27(24)34)18-16-26(33)30(6)17-15-25(32)29(4,5)38-30/h10-14,23-25,27,34H,15-21H2,1-9H3/t23-,24-,25-,27+,30+,31+/m1/s1. The van der Waals surface area contributed by atoms with Gasteiger partial charge in [0.15, 0.2) is 14.1 Å². The molecule has 0 spiro atoms. The van der Waals surface area contributed by atoms with E-state index in [1.54, 1.807) is 0 Å². The van der Waals surface area contributed by atoms with E-state index in [1.165, 1.54) is 0 Å². The van der Waals surface area contributed by atoms with Gasteiger partial charge in [0.05, 0.1) is 36.6 Å². The number of benzene rings is 1. The lowest BCUT2D eigenvalue weighted by Gasteiger charge is -2.50. The Labute approximate surface area is 245 Å². The first kappa shape index (κ1) is 32.9. The van der Waals surface area contributed by atoms with Crippen LogP contribution in [-0.2, 0) is 30.0 Å². The highest BCUT2D eigenvalue weighted by molar-refractivity contribution is 9.09. The number of hydrogen-bond donors (Lipinski definition) is 1. The van der Waals surface area contributed by atoms with Gasteiger partial charge in [-0.15, -0.1) is 0 Å². The van der Waals surface area contributed by atoms with Gasteiger partial charge >= 0.3 is 0 Å². The summed E-state index contributed by atoms with van der Waals surface area (Å²) in [7, 11) is -2.16. The second-order valence-electron chi connectivity index (χ2n) is 14.0. The van der Waals surface area contributed by atoms with Crippen LogP contribution in [0.5, 0.6) is 0 Å². The number of ketones is 1. The fourth-order valence-electron chi connectivity index (χ4n) is 5.41. The Kier molecular flexibility index (Phi) is 10.4. The predicted octanol–water partition coefficient (Wildman–Crippen LogP) is 6.96. The largest absolute Gasteiger partial charge is 0.411 e. The molecule has 1 N–H and O–H groups in total. The molecule has 2 fully saturated rings. The van der Waals surface area contributed by atoms with Crippen LogP contribution in [0.25, 0.3) is 0 Å². The van der Waals surface area contributed by atoms with E-state index in [2.05, 4.69) is 49.8 Å². The van der Waals surface area contributed by atoms with Crippen molar-refractivity contribution in [3.8, 4) is 0 Å². The van der Waals surface area contributed by atoms with Crippen LogP contribution < -0.4 is 0 Å². The summed E-state index contributed by atoms with van der Waals surface area (Å²) in [6.07, 6.45) is 1.24. The van der Waals surface area contributed by atoms with Crippen LogP contribution in [0.3, 0.4) is 0 Å². The van der Waals surface area contributed by atoms with E-state index in [4.69, 9.17) is 18.6 Å². The highest BCUT2D eigenvalue weighted by Crippen LogP contribution is 2.43. The number of carbonyl (C=O) groups excluding carboxylic acids is 1. The van der Waals surface area contributed by atoms with Gasteiger partial charge in [0.1, 0.15) is 11.7 Å². The molecule has 2 saturated heterocycles. The molecule has 2 aliphatic heterocycles. The van der Waals surface area contributed by atoms with Gasteiger partial charge in [-0.05, 0) is 70.7 Å². The Bertz CT molecular complexity index is 964. The maximum absolute atomic E-state index is 13.5. The molecule has 1 aromatic carbocycles. The third-order valence-corrected chi connectivity index (χ3v) is 15.2. The summed E-state index contributed by atoms with van der Waals surface area (Å²) in [5.41, 5.74) is -1.12. The summed E-state index contributed by atoms with van der Waals surface area (Å²) in [6, 6.07) is 10.1. The molecule has 0 aliphatic carbocycles. The van der Waals surface area contributed by atoms with Crippen molar-refractivity contribution < 1.29 is 28.5 Å². The molecule has 0 amide bonds. The number of alkyl halides is 1. The van der Waals surface area contributed by atoms with Crippen molar-refractivity contribution in [1.82, 2.24) is 0 Å². The van der Waals surface area contributed by atoms with E-state index >= 15 is 0 Å². The van der Waals surface area contributed by atoms with Crippen molar-refractivity contribution in [3.05, 3.63) is 35.9 Å². The third-order valence-electron chi connectivity index (χ3n) is 9.13. The normalized spacial score (nSPS) is 33.6. The summed E-state index contributed by atoms with van der Waals surface area (Å²) in [4.78, 5) is 13.7. The van der Waals surface area contributed by atoms with E-state index in [9.17, 15) is 9.90 Å². The second-order valence-corrected chi connectivity index (χ2v) is 19.9. The maximum atomic E-state index is 13.5. The molecule has 39 heavy (non-hydrogen) atoms. The minimum Gasteiger partial charge on any atom is -0.411 e. The number of aliphatic hydroxyl groups excluding tert-OH is 1. The van der Waals surface area contributed by atoms with Crippen LogP contribution in [0.15, 0.2) is 30.3 Å². The van der Waals surface area contributed by atoms with Crippen molar-refractivity contribution >= 4 is 30.0 Å². The van der Waals surface area contributed by atoms with Crippen LogP contribution in [0.2, 0.25) is 18.1 Å². The van der Waals surface area contributed by atoms with Gasteiger partial charge in [-0.1, -0.05) is 67.0 Å². The zero-order valence-corrected chi connectivity index (χ0v) is 28.1. The first-order chi connectivity index (χ1) is 17.9. The number of Topliss-reactive ketones (excluding diaryl/α,β-unsaturated/α-hetero) is 1. The van der Waals surface area contributed by atoms with Gasteiger partial charge in [0.2, 0.25) is 0 Å². The average molecular weight is 628 g/mol. The zero-order valence-electron chi connectivity index (χ0n) is 25.5. The minimum atomic E-state index is -2.16. The van der Waals surface area contributed by atoms with Gasteiger partial charge in [-0.2, -0.15) is 0 Å². The summed E-state index contributed by atoms with van der Waals surface area (Å²) in [6.45, 7) is 19.8. The zero-order chi connectivity index (χ0) is 29.3. The number of carbonyl (C=O) groups is 1. The van der Waals surface area contributed by atoms with Crippen LogP contribution in [-0.4, -0.2) is 65.8 Å². The molecule has 0 bridgehead atoms. The lowest BCUT2D eigenvalue weighted by atomic mass is 9.80. The van der Waals surface area contributed by atoms with Gasteiger partial charge in [0, 0.05) is 17.7 Å². The van der Waals surface area contributed by atoms with E-state index in [-0.39, 0.29) is 34.3 Å². The fraction of sp³-hybridized carbons (Fsp3) is 0.774. The van der Waals surface area contributed by atoms with Crippen LogP contribution in [0.4, 0.5) is 0 Å². The molecule has 0 radical (unpaired) electrons. The summed E-state index contributed by atoms with van der Waals surface area (Å²) in [5, 5.41) is 11.6. The van der Waals surface area contributed by atoms with Crippen molar-refractivity contribution in [2.24, 2.45) is 0 Å². The molecule has 6 atom stereocenters. The van der Waals surface area contributed by atoms with E-state index in [1.807, 2.05) is 58.0 Å². The molecule has 8 heteroatoms. The lowest BCUT2D eigenvalue weighted by molar-refractivity contribution is -0.230.